The molecule has 0 aliphatic rings. The molecule has 2 aromatic heterocycles. The number of nitrogens with zero attached hydrogens (tertiary/aromatic N) is 2. The Morgan fingerprint density at radius 1 is 0.534 bits per heavy atom. The zero-order valence-electron chi connectivity index (χ0n) is 38.5. The smallest absolute Gasteiger partial charge is 0.365 e. The fraction of sp³-hybridized carbons (Fsp3) is 0.130. The summed E-state index contributed by atoms with van der Waals surface area (Å²) in [5.74, 6) is -5.02. The van der Waals surface area contributed by atoms with Crippen LogP contribution in [0.2, 0.25) is 0 Å². The number of carbonyl (C=O) groups excluding carboxylic acids is 6. The van der Waals surface area contributed by atoms with Gasteiger partial charge in [0.2, 0.25) is 13.1 Å². The number of alkyl halides is 3. The highest BCUT2D eigenvalue weighted by molar-refractivity contribution is 7.93. The Bertz CT molecular complexity index is 3430. The van der Waals surface area contributed by atoms with Crippen LogP contribution in [-0.4, -0.2) is 52.3 Å². The number of halogens is 3. The van der Waals surface area contributed by atoms with E-state index in [0.717, 1.165) is 6.07 Å². The molecule has 0 fully saturated rings. The van der Waals surface area contributed by atoms with Crippen LogP contribution in [-0.2, 0) is 58.5 Å². The fourth-order valence-electron chi connectivity index (χ4n) is 6.87. The Hall–Kier alpha value is -9.11. The topological polar surface area (TPSA) is 327 Å². The van der Waals surface area contributed by atoms with Crippen LogP contribution in [0.5, 0.6) is 0 Å². The van der Waals surface area contributed by atoms with Crippen LogP contribution in [0, 0.1) is 20.8 Å². The maximum absolute atomic E-state index is 14.2. The zero-order valence-corrected chi connectivity index (χ0v) is 40.2. The zero-order chi connectivity index (χ0) is 53.4. The molecule has 12 N–H and O–H groups in total. The number of hydrogen-bond acceptors (Lipinski definition) is 12. The molecule has 380 valence electrons. The van der Waals surface area contributed by atoms with Crippen LogP contribution in [0.25, 0.3) is 0 Å². The van der Waals surface area contributed by atoms with Crippen molar-refractivity contribution in [3.8, 4) is 0 Å². The number of pyridine rings is 2. The van der Waals surface area contributed by atoms with E-state index in [1.165, 1.54) is 107 Å². The molecule has 0 saturated carbocycles. The van der Waals surface area contributed by atoms with E-state index in [4.69, 9.17) is 11.5 Å². The van der Waals surface area contributed by atoms with E-state index >= 15 is 0 Å². The van der Waals surface area contributed by atoms with Crippen molar-refractivity contribution in [2.24, 2.45) is 11.5 Å². The van der Waals surface area contributed by atoms with Crippen molar-refractivity contribution in [1.82, 2.24) is 10.9 Å². The molecule has 0 aliphatic heterocycles. The Morgan fingerprint density at radius 2 is 0.932 bits per heavy atom. The highest BCUT2D eigenvalue weighted by atomic mass is 32.2. The van der Waals surface area contributed by atoms with Crippen molar-refractivity contribution in [2.75, 3.05) is 30.9 Å². The van der Waals surface area contributed by atoms with Gasteiger partial charge in [-0.3, -0.25) is 59.9 Å². The maximum Gasteiger partial charge on any atom is 0.417 e. The molecule has 6 rings (SSSR count). The lowest BCUT2D eigenvalue weighted by Gasteiger charge is -2.17. The van der Waals surface area contributed by atoms with Crippen LogP contribution in [0.15, 0.2) is 132 Å². The average molecular weight is 1050 g/mol. The largest absolute Gasteiger partial charge is 0.417 e. The molecule has 2 heterocycles. The number of carbonyl (C=O) groups is 6. The number of sulfonamides is 2. The van der Waals surface area contributed by atoms with Gasteiger partial charge in [-0.05, 0) is 122 Å². The molecule has 6 amide bonds. The Morgan fingerprint density at radius 3 is 1.34 bits per heavy atom. The predicted octanol–water partition coefficient (Wildman–Crippen LogP) is 2.87. The van der Waals surface area contributed by atoms with Gasteiger partial charge in [-0.25, -0.2) is 16.8 Å². The lowest BCUT2D eigenvalue weighted by molar-refractivity contribution is -0.684. The first-order chi connectivity index (χ1) is 34.3. The Kier molecular flexibility index (Phi) is 16.0. The van der Waals surface area contributed by atoms with Gasteiger partial charge in [-0.2, -0.15) is 22.3 Å². The van der Waals surface area contributed by atoms with Crippen molar-refractivity contribution in [3.05, 3.63) is 155 Å². The first-order valence-electron chi connectivity index (χ1n) is 21.2. The number of nitrogens with two attached hydrogens (primary N) is 2. The van der Waals surface area contributed by atoms with Crippen molar-refractivity contribution >= 4 is 89.6 Å². The number of nitrogens with one attached hydrogen (secondary N) is 8. The molecular formula is C46H45F3N12O10S2+2. The van der Waals surface area contributed by atoms with Crippen LogP contribution in [0.3, 0.4) is 0 Å². The molecule has 22 nitrogen and oxygen atoms in total. The van der Waals surface area contributed by atoms with Crippen LogP contribution in [0.4, 0.5) is 47.3 Å². The normalized spacial score (nSPS) is 11.4. The second-order valence-corrected chi connectivity index (χ2v) is 19.3. The number of amides is 6. The summed E-state index contributed by atoms with van der Waals surface area (Å²) in [5, 5.41) is 4.95. The summed E-state index contributed by atoms with van der Waals surface area (Å²) in [4.78, 5) is 72.3. The van der Waals surface area contributed by atoms with Gasteiger partial charge >= 0.3 is 18.0 Å². The second kappa shape index (κ2) is 21.9. The highest BCUT2D eigenvalue weighted by Crippen LogP contribution is 2.37. The second-order valence-electron chi connectivity index (χ2n) is 16.0. The summed E-state index contributed by atoms with van der Waals surface area (Å²) in [7, 11) is -9.04. The van der Waals surface area contributed by atoms with Crippen LogP contribution in [0.1, 0.15) is 43.0 Å². The third-order valence-electron chi connectivity index (χ3n) is 10.3. The molecule has 0 atom stereocenters. The quantitative estimate of drug-likeness (QED) is 0.0338. The monoisotopic (exact) mass is 1050 g/mol. The summed E-state index contributed by atoms with van der Waals surface area (Å²) < 4.78 is 103. The molecular weight excluding hydrogens is 1000 g/mol. The number of benzene rings is 4. The predicted molar refractivity (Wildman–Crippen MR) is 258 cm³/mol. The molecule has 0 bridgehead atoms. The number of hydrogen-bond donors (Lipinski definition) is 10. The minimum Gasteiger partial charge on any atom is -0.365 e. The Balaban J connectivity index is 0.996. The minimum absolute atomic E-state index is 0.0763. The molecule has 27 heteroatoms. The highest BCUT2D eigenvalue weighted by Gasteiger charge is 2.38. The first kappa shape index (κ1) is 53.2. The lowest BCUT2D eigenvalue weighted by atomic mass is 10.2. The molecule has 0 saturated heterocycles. The molecule has 73 heavy (non-hydrogen) atoms. The summed E-state index contributed by atoms with van der Waals surface area (Å²) in [6.07, 6.45) is 0.514. The van der Waals surface area contributed by atoms with Crippen LogP contribution < -0.4 is 62.4 Å². The summed E-state index contributed by atoms with van der Waals surface area (Å²) in [6.45, 7) is 4.05. The Labute approximate surface area is 414 Å². The van der Waals surface area contributed by atoms with E-state index in [1.807, 2.05) is 0 Å². The van der Waals surface area contributed by atoms with Gasteiger partial charge < -0.3 is 22.1 Å². The standard InChI is InChI=1S/C46H43F3N12O10S2/c1-26-18-33(58-72(68,69)38-14-10-31(20-28(38)3)52-40(62)24-60-16-4-6-29(22-60)42(50)64)8-12-36(26)54-56-44(66)45(67)57-55-37-13-9-34(19-27(37)2)59-73(70,71)39-15-11-32(21-35(39)46(47,48)49)53-41(63)25-61-17-5-7-30(23-61)43(51)65/h4-23H,24-25H2,1-3H3,(H10-2,50,51,52,53,54,55,56,57,58,59,62,63,64,65,66,67)/p+2. The van der Waals surface area contributed by atoms with Crippen molar-refractivity contribution in [2.45, 2.75) is 49.8 Å². The van der Waals surface area contributed by atoms with Gasteiger partial charge in [0.05, 0.1) is 26.7 Å². The number of aryl methyl sites for hydroxylation is 3. The molecule has 6 aromatic rings. The van der Waals surface area contributed by atoms with Gasteiger partial charge in [-0.15, -0.1) is 0 Å². The number of aromatic nitrogens is 2. The molecule has 0 spiro atoms. The van der Waals surface area contributed by atoms with Crippen molar-refractivity contribution in [1.29, 1.82) is 0 Å². The van der Waals surface area contributed by atoms with Gasteiger partial charge in [0, 0.05) is 34.9 Å². The van der Waals surface area contributed by atoms with Crippen molar-refractivity contribution < 1.29 is 67.9 Å². The van der Waals surface area contributed by atoms with Gasteiger partial charge in [0.15, 0.2) is 24.8 Å². The van der Waals surface area contributed by atoms with E-state index in [1.54, 1.807) is 26.1 Å². The van der Waals surface area contributed by atoms with Gasteiger partial charge in [0.25, 0.3) is 43.7 Å². The average Bonchev–Trinajstić information content (AvgIpc) is 3.30. The van der Waals surface area contributed by atoms with Gasteiger partial charge in [-0.1, -0.05) is 0 Å². The minimum atomic E-state index is -5.18. The molecule has 4 aromatic carbocycles. The summed E-state index contributed by atoms with van der Waals surface area (Å²) >= 11 is 0. The molecule has 0 aliphatic carbocycles. The van der Waals surface area contributed by atoms with E-state index in [-0.39, 0.29) is 56.6 Å². The van der Waals surface area contributed by atoms with Gasteiger partial charge in [0.1, 0.15) is 11.1 Å². The SMILES string of the molecule is Cc1cc(NS(=O)(=O)c2ccc(NC(=O)C[n+]3cccc(C(N)=O)c3)cc2C)ccc1NNC(=O)C(=O)NNc1ccc(NS(=O)(=O)c2ccc(NC(=O)C[n+]3cccc(C(N)=O)c3)cc2C(F)(F)F)cc1C. The van der Waals surface area contributed by atoms with E-state index in [0.29, 0.717) is 28.9 Å². The molecule has 0 radical (unpaired) electrons. The number of hydrazine groups is 2. The third-order valence-corrected chi connectivity index (χ3v) is 13.3. The maximum atomic E-state index is 14.2. The lowest BCUT2D eigenvalue weighted by Crippen LogP contribution is -2.44. The van der Waals surface area contributed by atoms with E-state index < -0.39 is 78.7 Å². The fourth-order valence-corrected chi connectivity index (χ4v) is 9.41. The number of rotatable bonds is 18. The van der Waals surface area contributed by atoms with E-state index in [9.17, 15) is 58.8 Å². The summed E-state index contributed by atoms with van der Waals surface area (Å²) in [5.41, 5.74) is 20.1. The molecule has 0 unspecified atom stereocenters. The number of anilines is 6. The first-order valence-corrected chi connectivity index (χ1v) is 24.1. The van der Waals surface area contributed by atoms with Crippen LogP contribution >= 0.6 is 0 Å². The van der Waals surface area contributed by atoms with E-state index in [2.05, 4.69) is 41.8 Å². The van der Waals surface area contributed by atoms with Crippen molar-refractivity contribution in [3.63, 3.8) is 0 Å². The third kappa shape index (κ3) is 14.0. The number of primary amides is 2. The summed E-state index contributed by atoms with van der Waals surface area (Å²) in [6, 6.07) is 20.2.